The minimum atomic E-state index is -2.74. The summed E-state index contributed by atoms with van der Waals surface area (Å²) >= 11 is 4.07. The third-order valence-corrected chi connectivity index (χ3v) is 2.08. The number of thiol groups is 1. The molecule has 0 saturated heterocycles. The topological polar surface area (TPSA) is 0 Å². The van der Waals surface area contributed by atoms with Gasteiger partial charge in [0.25, 0.3) is 5.92 Å². The van der Waals surface area contributed by atoms with Gasteiger partial charge in [0.05, 0.1) is 0 Å². The quantitative estimate of drug-likeness (QED) is 0.714. The van der Waals surface area contributed by atoms with E-state index < -0.39 is 5.92 Å². The molecule has 0 fully saturated rings. The Morgan fingerprint density at radius 3 is 2.15 bits per heavy atom. The lowest BCUT2D eigenvalue weighted by atomic mass is 10.1. The van der Waals surface area contributed by atoms with E-state index in [9.17, 15) is 8.78 Å². The van der Waals surface area contributed by atoms with Gasteiger partial charge in [0.15, 0.2) is 0 Å². The minimum Gasteiger partial charge on any atom is -0.202 e. The lowest BCUT2D eigenvalue weighted by Crippen LogP contribution is -2.06. The summed E-state index contributed by atoms with van der Waals surface area (Å²) in [5, 5.41) is 0. The van der Waals surface area contributed by atoms with Gasteiger partial charge in [0.2, 0.25) is 0 Å². The van der Waals surface area contributed by atoms with E-state index in [0.717, 1.165) is 24.7 Å². The highest BCUT2D eigenvalue weighted by atomic mass is 32.1. The molecule has 0 aliphatic carbocycles. The zero-order valence-electron chi connectivity index (χ0n) is 7.43. The average Bonchev–Trinajstić information content (AvgIpc) is 2.04. The first-order chi connectivity index (χ1) is 6.04. The van der Waals surface area contributed by atoms with E-state index in [2.05, 4.69) is 12.6 Å². The number of halogens is 2. The fraction of sp³-hybridized carbons (Fsp3) is 0.400. The van der Waals surface area contributed by atoms with Gasteiger partial charge in [-0.25, -0.2) is 8.78 Å². The number of hydrogen-bond acceptors (Lipinski definition) is 1. The van der Waals surface area contributed by atoms with E-state index in [-0.39, 0.29) is 5.56 Å². The molecule has 72 valence electrons. The molecule has 0 unspecified atom stereocenters. The van der Waals surface area contributed by atoms with Crippen molar-refractivity contribution in [1.29, 1.82) is 0 Å². The van der Waals surface area contributed by atoms with Gasteiger partial charge in [0.1, 0.15) is 0 Å². The smallest absolute Gasteiger partial charge is 0.202 e. The molecule has 3 heteroatoms. The van der Waals surface area contributed by atoms with Crippen LogP contribution in [0.1, 0.15) is 18.1 Å². The van der Waals surface area contributed by atoms with Gasteiger partial charge in [-0.2, -0.15) is 12.6 Å². The van der Waals surface area contributed by atoms with Crippen molar-refractivity contribution >= 4 is 12.6 Å². The summed E-state index contributed by atoms with van der Waals surface area (Å²) in [5.41, 5.74) is 1.11. The second-order valence-corrected chi connectivity index (χ2v) is 3.51. The fourth-order valence-corrected chi connectivity index (χ4v) is 1.35. The Morgan fingerprint density at radius 2 is 1.77 bits per heavy atom. The van der Waals surface area contributed by atoms with Crippen LogP contribution in [0, 0.1) is 0 Å². The zero-order valence-corrected chi connectivity index (χ0v) is 8.32. The molecule has 0 radical (unpaired) electrons. The van der Waals surface area contributed by atoms with Gasteiger partial charge in [-0.15, -0.1) is 0 Å². The summed E-state index contributed by atoms with van der Waals surface area (Å²) in [6.07, 6.45) is 0.818. The monoisotopic (exact) mass is 202 g/mol. The van der Waals surface area contributed by atoms with Crippen LogP contribution in [0.4, 0.5) is 8.78 Å². The molecule has 0 aliphatic rings. The van der Waals surface area contributed by atoms with Gasteiger partial charge in [0, 0.05) is 12.5 Å². The second kappa shape index (κ2) is 4.09. The number of aryl methyl sites for hydroxylation is 1. The van der Waals surface area contributed by atoms with E-state index in [1.54, 1.807) is 12.1 Å². The predicted octanol–water partition coefficient (Wildman–Crippen LogP) is 3.27. The third kappa shape index (κ3) is 2.99. The minimum absolute atomic E-state index is 0.0652. The van der Waals surface area contributed by atoms with Crippen LogP contribution in [0.15, 0.2) is 24.3 Å². The van der Waals surface area contributed by atoms with Crippen molar-refractivity contribution in [1.82, 2.24) is 0 Å². The number of benzene rings is 1. The summed E-state index contributed by atoms with van der Waals surface area (Å²) in [6.45, 7) is 0.903. The Labute approximate surface area is 82.4 Å². The van der Waals surface area contributed by atoms with E-state index in [0.29, 0.717) is 0 Å². The van der Waals surface area contributed by atoms with Crippen LogP contribution in [0.25, 0.3) is 0 Å². The van der Waals surface area contributed by atoms with Gasteiger partial charge in [-0.3, -0.25) is 0 Å². The fourth-order valence-electron chi connectivity index (χ4n) is 1.09. The summed E-state index contributed by atoms with van der Waals surface area (Å²) in [7, 11) is 0. The van der Waals surface area contributed by atoms with Gasteiger partial charge >= 0.3 is 0 Å². The van der Waals surface area contributed by atoms with E-state index >= 15 is 0 Å². The molecule has 0 bridgehead atoms. The van der Waals surface area contributed by atoms with Crippen molar-refractivity contribution in [2.75, 3.05) is 5.75 Å². The summed E-state index contributed by atoms with van der Waals surface area (Å²) < 4.78 is 25.5. The van der Waals surface area contributed by atoms with Crippen LogP contribution < -0.4 is 0 Å². The van der Waals surface area contributed by atoms with Crippen molar-refractivity contribution in [3.8, 4) is 0 Å². The molecule has 0 heterocycles. The molecule has 0 spiro atoms. The molecule has 1 aromatic rings. The molecular formula is C10H12F2S. The van der Waals surface area contributed by atoms with Crippen molar-refractivity contribution in [2.24, 2.45) is 0 Å². The number of alkyl halides is 2. The third-order valence-electron chi connectivity index (χ3n) is 1.86. The first-order valence-corrected chi connectivity index (χ1v) is 4.75. The Kier molecular flexibility index (Phi) is 3.31. The highest BCUT2D eigenvalue weighted by Crippen LogP contribution is 2.26. The highest BCUT2D eigenvalue weighted by Gasteiger charge is 2.23. The van der Waals surface area contributed by atoms with E-state index in [4.69, 9.17) is 0 Å². The molecule has 0 atom stereocenters. The number of rotatable bonds is 3. The van der Waals surface area contributed by atoms with Crippen molar-refractivity contribution in [3.63, 3.8) is 0 Å². The van der Waals surface area contributed by atoms with Crippen LogP contribution in [0.3, 0.4) is 0 Å². The molecule has 1 aromatic carbocycles. The zero-order chi connectivity index (χ0) is 9.90. The van der Waals surface area contributed by atoms with Crippen molar-refractivity contribution < 1.29 is 8.78 Å². The first kappa shape index (κ1) is 10.5. The molecule has 0 N–H and O–H groups in total. The SMILES string of the molecule is CC(F)(F)c1ccc(CCS)cc1. The molecule has 0 saturated carbocycles. The van der Waals surface area contributed by atoms with Gasteiger partial charge < -0.3 is 0 Å². The molecular weight excluding hydrogens is 190 g/mol. The molecule has 0 amide bonds. The Bertz CT molecular complexity index is 261. The summed E-state index contributed by atoms with van der Waals surface area (Å²) in [4.78, 5) is 0. The first-order valence-electron chi connectivity index (χ1n) is 4.12. The lowest BCUT2D eigenvalue weighted by Gasteiger charge is -2.10. The van der Waals surface area contributed by atoms with Crippen molar-refractivity contribution in [2.45, 2.75) is 19.3 Å². The van der Waals surface area contributed by atoms with Gasteiger partial charge in [-0.05, 0) is 17.7 Å². The van der Waals surface area contributed by atoms with Crippen LogP contribution in [0.5, 0.6) is 0 Å². The molecule has 13 heavy (non-hydrogen) atoms. The predicted molar refractivity (Wildman–Crippen MR) is 53.6 cm³/mol. The normalized spacial score (nSPS) is 11.7. The highest BCUT2D eigenvalue weighted by molar-refractivity contribution is 7.80. The van der Waals surface area contributed by atoms with Crippen LogP contribution in [-0.2, 0) is 12.3 Å². The largest absolute Gasteiger partial charge is 0.270 e. The standard InChI is InChI=1S/C10H12F2S/c1-10(11,12)9-4-2-8(3-5-9)6-7-13/h2-5,13H,6-7H2,1H3. The summed E-state index contributed by atoms with van der Waals surface area (Å²) in [5.74, 6) is -2.00. The maximum atomic E-state index is 12.8. The maximum Gasteiger partial charge on any atom is 0.270 e. The van der Waals surface area contributed by atoms with Crippen LogP contribution in [-0.4, -0.2) is 5.75 Å². The Balaban J connectivity index is 2.81. The lowest BCUT2D eigenvalue weighted by molar-refractivity contribution is 0.0174. The van der Waals surface area contributed by atoms with E-state index in [1.165, 1.54) is 12.1 Å². The summed E-state index contributed by atoms with van der Waals surface area (Å²) in [6, 6.07) is 6.39. The average molecular weight is 202 g/mol. The number of hydrogen-bond donors (Lipinski definition) is 1. The Morgan fingerprint density at radius 1 is 1.23 bits per heavy atom. The van der Waals surface area contributed by atoms with Gasteiger partial charge in [-0.1, -0.05) is 24.3 Å². The maximum absolute atomic E-state index is 12.8. The molecule has 0 nitrogen and oxygen atoms in total. The van der Waals surface area contributed by atoms with Crippen LogP contribution >= 0.6 is 12.6 Å². The Hall–Kier alpha value is -0.570. The van der Waals surface area contributed by atoms with Crippen LogP contribution in [0.2, 0.25) is 0 Å². The second-order valence-electron chi connectivity index (χ2n) is 3.06. The molecule has 0 aromatic heterocycles. The molecule has 1 rings (SSSR count). The van der Waals surface area contributed by atoms with E-state index in [1.807, 2.05) is 0 Å². The van der Waals surface area contributed by atoms with Crippen molar-refractivity contribution in [3.05, 3.63) is 35.4 Å². The molecule has 0 aliphatic heterocycles.